The molecule has 0 saturated heterocycles. The molecule has 0 aliphatic rings. The Hall–Kier alpha value is -2.73. The predicted octanol–water partition coefficient (Wildman–Crippen LogP) is 3.47. The van der Waals surface area contributed by atoms with Crippen molar-refractivity contribution in [3.8, 4) is 17.2 Å². The van der Waals surface area contributed by atoms with Crippen LogP contribution in [0.4, 0.5) is 0 Å². The molecule has 0 fully saturated rings. The van der Waals surface area contributed by atoms with Gasteiger partial charge >= 0.3 is 0 Å². The number of rotatable bonds is 7. The smallest absolute Gasteiger partial charge is 0.248 e. The third kappa shape index (κ3) is 3.85. The van der Waals surface area contributed by atoms with Gasteiger partial charge in [0.1, 0.15) is 17.0 Å². The van der Waals surface area contributed by atoms with E-state index in [1.165, 1.54) is 0 Å². The Bertz CT molecular complexity index is 890. The first-order valence-corrected chi connectivity index (χ1v) is 8.34. The molecule has 3 rings (SSSR count). The first-order valence-electron chi connectivity index (χ1n) is 7.80. The van der Waals surface area contributed by atoms with E-state index in [1.807, 2.05) is 19.2 Å². The van der Waals surface area contributed by atoms with Crippen LogP contribution in [0.1, 0.15) is 16.8 Å². The van der Waals surface area contributed by atoms with Crippen LogP contribution in [0.5, 0.6) is 17.2 Å². The van der Waals surface area contributed by atoms with Crippen LogP contribution in [0.15, 0.2) is 42.6 Å². The Morgan fingerprint density at radius 2 is 1.96 bits per heavy atom. The maximum Gasteiger partial charge on any atom is 0.248 e. The normalized spacial score (nSPS) is 10.8. The summed E-state index contributed by atoms with van der Waals surface area (Å²) in [5, 5.41) is 5.00. The molecule has 2 aromatic carbocycles. The zero-order valence-electron chi connectivity index (χ0n) is 13.7. The van der Waals surface area contributed by atoms with Crippen molar-refractivity contribution in [2.75, 3.05) is 12.5 Å². The molecule has 0 aliphatic heterocycles. The number of aryl methyl sites for hydroxylation is 1. The summed E-state index contributed by atoms with van der Waals surface area (Å²) >= 11 is 5.63. The lowest BCUT2D eigenvalue weighted by atomic mass is 10.1. The van der Waals surface area contributed by atoms with E-state index < -0.39 is 5.91 Å². The molecule has 0 bridgehead atoms. The van der Waals surface area contributed by atoms with E-state index in [2.05, 4.69) is 5.10 Å². The van der Waals surface area contributed by atoms with E-state index >= 15 is 0 Å². The van der Waals surface area contributed by atoms with Gasteiger partial charge < -0.3 is 15.2 Å². The molecule has 0 spiro atoms. The minimum absolute atomic E-state index is 0.372. The van der Waals surface area contributed by atoms with Gasteiger partial charge in [0.05, 0.1) is 12.8 Å². The Morgan fingerprint density at radius 1 is 1.24 bits per heavy atom. The van der Waals surface area contributed by atoms with Crippen molar-refractivity contribution in [3.05, 3.63) is 48.2 Å². The second-order valence-corrected chi connectivity index (χ2v) is 5.89. The van der Waals surface area contributed by atoms with E-state index in [0.29, 0.717) is 29.5 Å². The van der Waals surface area contributed by atoms with Crippen LogP contribution in [0.25, 0.3) is 10.9 Å². The number of fused-ring (bicyclic) bond motifs is 1. The quantitative estimate of drug-likeness (QED) is 0.517. The lowest BCUT2D eigenvalue weighted by molar-refractivity contribution is 0.1000. The maximum absolute atomic E-state index is 11.5. The van der Waals surface area contributed by atoms with Crippen molar-refractivity contribution in [2.24, 2.45) is 12.8 Å². The van der Waals surface area contributed by atoms with Crippen LogP contribution in [-0.2, 0) is 7.05 Å². The topological polar surface area (TPSA) is 79.4 Å². The molecule has 1 heterocycles. The number of nitrogens with zero attached hydrogens (tertiary/aromatic N) is 2. The molecule has 0 radical (unpaired) electrons. The molecule has 1 aromatic heterocycles. The highest BCUT2D eigenvalue weighted by Crippen LogP contribution is 2.32. The molecule has 25 heavy (non-hydrogen) atoms. The molecule has 0 saturated carbocycles. The number of carbonyl (C=O) groups is 1. The summed E-state index contributed by atoms with van der Waals surface area (Å²) in [5.41, 5.74) is 6.56. The largest absolute Gasteiger partial charge is 0.494 e. The molecule has 0 atom stereocenters. The van der Waals surface area contributed by atoms with E-state index in [1.54, 1.807) is 35.1 Å². The number of hydrogen-bond acceptors (Lipinski definition) is 4. The summed E-state index contributed by atoms with van der Waals surface area (Å²) in [5.74, 6) is 1.93. The predicted molar refractivity (Wildman–Crippen MR) is 96.6 cm³/mol. The molecule has 0 unspecified atom stereocenters. The van der Waals surface area contributed by atoms with Gasteiger partial charge in [-0.1, -0.05) is 0 Å². The second kappa shape index (κ2) is 7.44. The van der Waals surface area contributed by atoms with Crippen molar-refractivity contribution in [3.63, 3.8) is 0 Å². The second-order valence-electron chi connectivity index (χ2n) is 5.51. The lowest BCUT2D eigenvalue weighted by Gasteiger charge is -2.11. The Labute approximate surface area is 150 Å². The summed E-state index contributed by atoms with van der Waals surface area (Å²) in [4.78, 5) is 11.5. The lowest BCUT2D eigenvalue weighted by Crippen LogP contribution is -2.11. The number of amides is 1. The summed E-state index contributed by atoms with van der Waals surface area (Å²) in [6.45, 7) is 0.569. The zero-order valence-corrected chi connectivity index (χ0v) is 14.5. The molecule has 1 amide bonds. The Morgan fingerprint density at radius 3 is 2.64 bits per heavy atom. The van der Waals surface area contributed by atoms with Gasteiger partial charge in [0.2, 0.25) is 5.91 Å². The number of carbonyl (C=O) groups excluding carboxylic acids is 1. The Kier molecular flexibility index (Phi) is 5.09. The number of nitrogens with two attached hydrogens (primary N) is 1. The van der Waals surface area contributed by atoms with Gasteiger partial charge in [0.15, 0.2) is 5.75 Å². The number of ether oxygens (including phenoxy) is 2. The number of aromatic nitrogens is 2. The molecule has 7 heteroatoms. The van der Waals surface area contributed by atoms with Crippen LogP contribution in [-0.4, -0.2) is 28.2 Å². The van der Waals surface area contributed by atoms with Crippen molar-refractivity contribution in [1.29, 1.82) is 0 Å². The number of halogens is 1. The van der Waals surface area contributed by atoms with E-state index in [-0.39, 0.29) is 0 Å². The minimum atomic E-state index is -0.515. The maximum atomic E-state index is 11.5. The fourth-order valence-corrected chi connectivity index (χ4v) is 2.59. The first-order chi connectivity index (χ1) is 12.1. The molecular formula is C18H18ClN3O3. The molecule has 2 N–H and O–H groups in total. The van der Waals surface area contributed by atoms with Gasteiger partial charge in [0.25, 0.3) is 0 Å². The summed E-state index contributed by atoms with van der Waals surface area (Å²) in [6, 6.07) is 10.6. The number of hydrogen-bond donors (Lipinski definition) is 1. The van der Waals surface area contributed by atoms with Crippen LogP contribution in [0.2, 0.25) is 0 Å². The van der Waals surface area contributed by atoms with Crippen LogP contribution < -0.4 is 15.2 Å². The van der Waals surface area contributed by atoms with Crippen LogP contribution >= 0.6 is 11.6 Å². The van der Waals surface area contributed by atoms with Gasteiger partial charge in [-0.2, -0.15) is 5.10 Å². The number of primary amides is 1. The third-order valence-electron chi connectivity index (χ3n) is 3.68. The van der Waals surface area contributed by atoms with Gasteiger partial charge in [-0.05, 0) is 42.8 Å². The standard InChI is InChI=1S/C18H18ClN3O3/c1-22-17-13(11-21-22)9-12(18(20)23)10-16(17)25-15-5-3-14(4-6-15)24-8-2-7-19/h3-6,9-11H,2,7-8H2,1H3,(H2,20,23). The summed E-state index contributed by atoms with van der Waals surface area (Å²) < 4.78 is 13.2. The van der Waals surface area contributed by atoms with Crippen LogP contribution in [0, 0.1) is 0 Å². The fraction of sp³-hybridized carbons (Fsp3) is 0.222. The molecular weight excluding hydrogens is 342 g/mol. The third-order valence-corrected chi connectivity index (χ3v) is 3.95. The van der Waals surface area contributed by atoms with E-state index in [0.717, 1.165) is 23.1 Å². The van der Waals surface area contributed by atoms with Crippen molar-refractivity contribution in [1.82, 2.24) is 9.78 Å². The average molecular weight is 360 g/mol. The highest BCUT2D eigenvalue weighted by molar-refractivity contribution is 6.17. The van der Waals surface area contributed by atoms with Crippen molar-refractivity contribution >= 4 is 28.4 Å². The van der Waals surface area contributed by atoms with Gasteiger partial charge in [-0.15, -0.1) is 11.6 Å². The minimum Gasteiger partial charge on any atom is -0.494 e. The monoisotopic (exact) mass is 359 g/mol. The van der Waals surface area contributed by atoms with Gasteiger partial charge in [-0.3, -0.25) is 9.48 Å². The highest BCUT2D eigenvalue weighted by atomic mass is 35.5. The fourth-order valence-electron chi connectivity index (χ4n) is 2.48. The number of benzene rings is 2. The van der Waals surface area contributed by atoms with Gasteiger partial charge in [0, 0.05) is 23.9 Å². The number of alkyl halides is 1. The van der Waals surface area contributed by atoms with Crippen LogP contribution in [0.3, 0.4) is 0 Å². The first kappa shape index (κ1) is 17.1. The highest BCUT2D eigenvalue weighted by Gasteiger charge is 2.13. The van der Waals surface area contributed by atoms with E-state index in [4.69, 9.17) is 26.8 Å². The van der Waals surface area contributed by atoms with Crippen molar-refractivity contribution < 1.29 is 14.3 Å². The summed E-state index contributed by atoms with van der Waals surface area (Å²) in [6.07, 6.45) is 2.46. The van der Waals surface area contributed by atoms with Gasteiger partial charge in [-0.25, -0.2) is 0 Å². The molecule has 3 aromatic rings. The van der Waals surface area contributed by atoms with Crippen molar-refractivity contribution in [2.45, 2.75) is 6.42 Å². The molecule has 6 nitrogen and oxygen atoms in total. The Balaban J connectivity index is 1.86. The zero-order chi connectivity index (χ0) is 17.8. The summed E-state index contributed by atoms with van der Waals surface area (Å²) in [7, 11) is 1.81. The SMILES string of the molecule is Cn1ncc2cc(C(N)=O)cc(Oc3ccc(OCCCCl)cc3)c21. The van der Waals surface area contributed by atoms with E-state index in [9.17, 15) is 4.79 Å². The molecule has 130 valence electrons. The average Bonchev–Trinajstić information content (AvgIpc) is 2.98. The molecule has 0 aliphatic carbocycles.